The average molecular weight is 299 g/mol. The molecule has 2 aromatic rings. The molecule has 4 heteroatoms. The van der Waals surface area contributed by atoms with Gasteiger partial charge in [0.25, 0.3) is 0 Å². The number of aryl methyl sites for hydroxylation is 2. The Hall–Kier alpha value is -2.49. The van der Waals surface area contributed by atoms with Crippen molar-refractivity contribution in [3.8, 4) is 11.5 Å². The molecule has 1 amide bonds. The van der Waals surface area contributed by atoms with Gasteiger partial charge in [0.05, 0.1) is 20.1 Å². The summed E-state index contributed by atoms with van der Waals surface area (Å²) in [4.78, 5) is 12.0. The number of amides is 1. The highest BCUT2D eigenvalue weighted by Gasteiger charge is 2.05. The van der Waals surface area contributed by atoms with E-state index in [9.17, 15) is 4.79 Å². The molecule has 22 heavy (non-hydrogen) atoms. The van der Waals surface area contributed by atoms with Crippen LogP contribution in [0.1, 0.15) is 17.5 Å². The zero-order valence-electron chi connectivity index (χ0n) is 13.2. The summed E-state index contributed by atoms with van der Waals surface area (Å²) in [6, 6.07) is 13.3. The van der Waals surface area contributed by atoms with Crippen LogP contribution < -0.4 is 14.8 Å². The van der Waals surface area contributed by atoms with Crippen LogP contribution in [-0.4, -0.2) is 19.6 Å². The molecule has 0 saturated carbocycles. The predicted molar refractivity (Wildman–Crippen MR) is 87.7 cm³/mol. The second-order valence-electron chi connectivity index (χ2n) is 5.14. The fourth-order valence-electron chi connectivity index (χ4n) is 2.02. The number of nitrogens with one attached hydrogen (secondary N) is 1. The number of methoxy groups -OCH3 is 1. The van der Waals surface area contributed by atoms with Gasteiger partial charge < -0.3 is 14.8 Å². The topological polar surface area (TPSA) is 47.6 Å². The molecule has 116 valence electrons. The average Bonchev–Trinajstić information content (AvgIpc) is 2.51. The Labute approximate surface area is 131 Å². The van der Waals surface area contributed by atoms with Crippen molar-refractivity contribution in [3.63, 3.8) is 0 Å². The molecule has 0 spiro atoms. The second-order valence-corrected chi connectivity index (χ2v) is 5.14. The van der Waals surface area contributed by atoms with Gasteiger partial charge in [0.1, 0.15) is 11.5 Å². The first-order valence-electron chi connectivity index (χ1n) is 7.22. The number of ether oxygens (including phenoxy) is 2. The largest absolute Gasteiger partial charge is 0.497 e. The van der Waals surface area contributed by atoms with Gasteiger partial charge in [-0.25, -0.2) is 0 Å². The molecule has 2 aromatic carbocycles. The Morgan fingerprint density at radius 3 is 2.41 bits per heavy atom. The smallest absolute Gasteiger partial charge is 0.227 e. The molecule has 0 aliphatic rings. The number of benzene rings is 2. The lowest BCUT2D eigenvalue weighted by Gasteiger charge is -2.10. The molecule has 0 atom stereocenters. The molecule has 0 bridgehead atoms. The van der Waals surface area contributed by atoms with Crippen LogP contribution in [0, 0.1) is 13.8 Å². The van der Waals surface area contributed by atoms with E-state index >= 15 is 0 Å². The van der Waals surface area contributed by atoms with E-state index in [1.807, 2.05) is 56.3 Å². The maximum atomic E-state index is 12.0. The van der Waals surface area contributed by atoms with Crippen molar-refractivity contribution in [3.05, 3.63) is 53.6 Å². The van der Waals surface area contributed by atoms with Gasteiger partial charge in [0.15, 0.2) is 0 Å². The van der Waals surface area contributed by atoms with Crippen LogP contribution >= 0.6 is 0 Å². The Bertz CT molecular complexity index is 635. The molecule has 0 heterocycles. The number of carbonyl (C=O) groups is 1. The summed E-state index contributed by atoms with van der Waals surface area (Å²) < 4.78 is 10.6. The van der Waals surface area contributed by atoms with Crippen molar-refractivity contribution >= 4 is 11.6 Å². The molecule has 0 aliphatic heterocycles. The number of hydrogen-bond donors (Lipinski definition) is 1. The lowest BCUT2D eigenvalue weighted by molar-refractivity contribution is -0.116. The van der Waals surface area contributed by atoms with E-state index in [2.05, 4.69) is 5.32 Å². The van der Waals surface area contributed by atoms with E-state index in [4.69, 9.17) is 9.47 Å². The van der Waals surface area contributed by atoms with Crippen molar-refractivity contribution in [2.45, 2.75) is 20.3 Å². The number of anilines is 1. The SMILES string of the molecule is COc1ccc(OCCC(=O)Nc2cc(C)ccc2C)cc1. The molecule has 0 unspecified atom stereocenters. The zero-order valence-corrected chi connectivity index (χ0v) is 13.2. The summed E-state index contributed by atoms with van der Waals surface area (Å²) in [6.45, 7) is 4.31. The lowest BCUT2D eigenvalue weighted by atomic mass is 10.1. The van der Waals surface area contributed by atoms with Gasteiger partial charge in [-0.3, -0.25) is 4.79 Å². The quantitative estimate of drug-likeness (QED) is 0.884. The highest BCUT2D eigenvalue weighted by atomic mass is 16.5. The van der Waals surface area contributed by atoms with Gasteiger partial charge in [0.2, 0.25) is 5.91 Å². The maximum Gasteiger partial charge on any atom is 0.227 e. The van der Waals surface area contributed by atoms with Gasteiger partial charge in [-0.05, 0) is 55.3 Å². The molecular weight excluding hydrogens is 278 g/mol. The lowest BCUT2D eigenvalue weighted by Crippen LogP contribution is -2.16. The van der Waals surface area contributed by atoms with Crippen molar-refractivity contribution in [1.29, 1.82) is 0 Å². The van der Waals surface area contributed by atoms with E-state index in [-0.39, 0.29) is 5.91 Å². The molecule has 0 saturated heterocycles. The normalized spacial score (nSPS) is 10.1. The predicted octanol–water partition coefficient (Wildman–Crippen LogP) is 3.72. The first kappa shape index (κ1) is 15.9. The molecule has 4 nitrogen and oxygen atoms in total. The third-order valence-electron chi connectivity index (χ3n) is 3.32. The fraction of sp³-hybridized carbons (Fsp3) is 0.278. The fourth-order valence-corrected chi connectivity index (χ4v) is 2.02. The van der Waals surface area contributed by atoms with E-state index in [0.29, 0.717) is 13.0 Å². The van der Waals surface area contributed by atoms with Crippen LogP contribution in [0.5, 0.6) is 11.5 Å². The molecule has 1 N–H and O–H groups in total. The molecule has 0 aliphatic carbocycles. The minimum absolute atomic E-state index is 0.0535. The van der Waals surface area contributed by atoms with Crippen molar-refractivity contribution in [2.75, 3.05) is 19.0 Å². The van der Waals surface area contributed by atoms with Gasteiger partial charge in [-0.1, -0.05) is 12.1 Å². The monoisotopic (exact) mass is 299 g/mol. The Morgan fingerprint density at radius 2 is 1.73 bits per heavy atom. The molecule has 0 aromatic heterocycles. The molecule has 0 radical (unpaired) electrons. The van der Waals surface area contributed by atoms with Crippen LogP contribution in [0.4, 0.5) is 5.69 Å². The van der Waals surface area contributed by atoms with Crippen LogP contribution in [0.15, 0.2) is 42.5 Å². The maximum absolute atomic E-state index is 12.0. The van der Waals surface area contributed by atoms with Crippen molar-refractivity contribution in [2.24, 2.45) is 0 Å². The summed E-state index contributed by atoms with van der Waals surface area (Å²) in [7, 11) is 1.62. The Kier molecular flexibility index (Phi) is 5.42. The third-order valence-corrected chi connectivity index (χ3v) is 3.32. The van der Waals surface area contributed by atoms with Crippen molar-refractivity contribution < 1.29 is 14.3 Å². The van der Waals surface area contributed by atoms with E-state index in [1.165, 1.54) is 0 Å². The van der Waals surface area contributed by atoms with Crippen LogP contribution in [0.2, 0.25) is 0 Å². The highest BCUT2D eigenvalue weighted by molar-refractivity contribution is 5.91. The van der Waals surface area contributed by atoms with Gasteiger partial charge in [-0.15, -0.1) is 0 Å². The minimum atomic E-state index is -0.0535. The Balaban J connectivity index is 1.81. The van der Waals surface area contributed by atoms with Crippen LogP contribution in [-0.2, 0) is 4.79 Å². The number of rotatable bonds is 6. The first-order valence-corrected chi connectivity index (χ1v) is 7.22. The number of hydrogen-bond acceptors (Lipinski definition) is 3. The minimum Gasteiger partial charge on any atom is -0.497 e. The summed E-state index contributed by atoms with van der Waals surface area (Å²) in [6.07, 6.45) is 0.305. The van der Waals surface area contributed by atoms with Gasteiger partial charge in [0, 0.05) is 5.69 Å². The van der Waals surface area contributed by atoms with Crippen LogP contribution in [0.25, 0.3) is 0 Å². The van der Waals surface area contributed by atoms with Crippen LogP contribution in [0.3, 0.4) is 0 Å². The van der Waals surface area contributed by atoms with Crippen molar-refractivity contribution in [1.82, 2.24) is 0 Å². The summed E-state index contributed by atoms with van der Waals surface area (Å²) in [5.74, 6) is 1.45. The van der Waals surface area contributed by atoms with E-state index in [1.54, 1.807) is 7.11 Å². The van der Waals surface area contributed by atoms with Gasteiger partial charge in [-0.2, -0.15) is 0 Å². The second kappa shape index (κ2) is 7.50. The van der Waals surface area contributed by atoms with E-state index < -0.39 is 0 Å². The van der Waals surface area contributed by atoms with E-state index in [0.717, 1.165) is 28.3 Å². The summed E-state index contributed by atoms with van der Waals surface area (Å²) in [5, 5.41) is 2.92. The number of carbonyl (C=O) groups excluding carboxylic acids is 1. The third kappa shape index (κ3) is 4.52. The summed E-state index contributed by atoms with van der Waals surface area (Å²) in [5.41, 5.74) is 3.03. The highest BCUT2D eigenvalue weighted by Crippen LogP contribution is 2.18. The van der Waals surface area contributed by atoms with Gasteiger partial charge >= 0.3 is 0 Å². The standard InChI is InChI=1S/C18H21NO3/c1-13-4-5-14(2)17(12-13)19-18(20)10-11-22-16-8-6-15(21-3)7-9-16/h4-9,12H,10-11H2,1-3H3,(H,19,20). The molecule has 0 fully saturated rings. The molecular formula is C18H21NO3. The first-order chi connectivity index (χ1) is 10.6. The Morgan fingerprint density at radius 1 is 1.05 bits per heavy atom. The summed E-state index contributed by atoms with van der Waals surface area (Å²) >= 11 is 0. The molecule has 2 rings (SSSR count). The zero-order chi connectivity index (χ0) is 15.9.